The van der Waals surface area contributed by atoms with Crippen LogP contribution in [0, 0.1) is 0 Å². The van der Waals surface area contributed by atoms with Crippen molar-refractivity contribution in [2.24, 2.45) is 0 Å². The first-order valence-corrected chi connectivity index (χ1v) is 5.05. The van der Waals surface area contributed by atoms with E-state index in [1.807, 2.05) is 0 Å². The molecule has 1 nitrogen and oxygen atoms in total. The lowest BCUT2D eigenvalue weighted by Crippen LogP contribution is -2.07. The molecule has 1 aromatic carbocycles. The van der Waals surface area contributed by atoms with Crippen molar-refractivity contribution in [1.29, 1.82) is 0 Å². The number of hydrogen-bond donors (Lipinski definition) is 0. The number of rotatable bonds is 1. The van der Waals surface area contributed by atoms with Crippen LogP contribution in [0.4, 0.5) is 13.2 Å². The Labute approximate surface area is 95.5 Å². The van der Waals surface area contributed by atoms with E-state index in [-0.39, 0.29) is 10.2 Å². The number of halogens is 5. The summed E-state index contributed by atoms with van der Waals surface area (Å²) >= 11 is 5.98. The van der Waals surface area contributed by atoms with Crippen LogP contribution >= 0.6 is 31.9 Å². The highest BCUT2D eigenvalue weighted by Crippen LogP contribution is 2.41. The van der Waals surface area contributed by atoms with Crippen molar-refractivity contribution in [3.8, 4) is 5.75 Å². The van der Waals surface area contributed by atoms with Crippen LogP contribution in [0.3, 0.4) is 0 Å². The molecule has 0 saturated heterocycles. The van der Waals surface area contributed by atoms with E-state index in [1.54, 1.807) is 0 Å². The molecule has 0 amide bonds. The third-order valence-electron chi connectivity index (χ3n) is 1.52. The van der Waals surface area contributed by atoms with Gasteiger partial charge >= 0.3 is 6.18 Å². The summed E-state index contributed by atoms with van der Waals surface area (Å²) in [5, 5.41) is 0. The molecular weight excluding hydrogens is 329 g/mol. The van der Waals surface area contributed by atoms with Gasteiger partial charge < -0.3 is 4.74 Å². The molecule has 0 bridgehead atoms. The molecule has 0 aliphatic carbocycles. The predicted octanol–water partition coefficient (Wildman–Crippen LogP) is 4.24. The number of alkyl halides is 3. The van der Waals surface area contributed by atoms with Crippen molar-refractivity contribution < 1.29 is 17.9 Å². The fraction of sp³-hybridized carbons (Fsp3) is 0.250. The first-order chi connectivity index (χ1) is 6.36. The molecule has 1 aromatic rings. The van der Waals surface area contributed by atoms with Crippen LogP contribution in [0.15, 0.2) is 21.1 Å². The largest absolute Gasteiger partial charge is 0.495 e. The molecule has 0 fully saturated rings. The molecule has 0 radical (unpaired) electrons. The van der Waals surface area contributed by atoms with Crippen LogP contribution in [-0.4, -0.2) is 7.11 Å². The smallest absolute Gasteiger partial charge is 0.420 e. The first-order valence-electron chi connectivity index (χ1n) is 3.46. The fourth-order valence-corrected chi connectivity index (χ4v) is 2.37. The molecule has 0 N–H and O–H groups in total. The quantitative estimate of drug-likeness (QED) is 0.747. The summed E-state index contributed by atoms with van der Waals surface area (Å²) in [5.41, 5.74) is -0.804. The second-order valence-electron chi connectivity index (χ2n) is 2.47. The Morgan fingerprint density at radius 1 is 1.21 bits per heavy atom. The predicted molar refractivity (Wildman–Crippen MR) is 53.4 cm³/mol. The fourth-order valence-electron chi connectivity index (χ4n) is 0.978. The standard InChI is InChI=1S/C8H5Br2F3O/c1-14-7-5(8(11,12)13)2-4(9)3-6(7)10/h2-3H,1H3. The second-order valence-corrected chi connectivity index (χ2v) is 4.24. The molecule has 78 valence electrons. The Morgan fingerprint density at radius 2 is 1.79 bits per heavy atom. The van der Waals surface area contributed by atoms with E-state index in [1.165, 1.54) is 13.2 Å². The highest BCUT2D eigenvalue weighted by Gasteiger charge is 2.35. The summed E-state index contributed by atoms with van der Waals surface area (Å²) in [6, 6.07) is 2.47. The minimum absolute atomic E-state index is 0.208. The number of ether oxygens (including phenoxy) is 1. The van der Waals surface area contributed by atoms with Gasteiger partial charge in [-0.1, -0.05) is 15.9 Å². The lowest BCUT2D eigenvalue weighted by atomic mass is 10.2. The summed E-state index contributed by atoms with van der Waals surface area (Å²) in [7, 11) is 1.20. The van der Waals surface area contributed by atoms with Gasteiger partial charge in [-0.25, -0.2) is 0 Å². The molecule has 0 atom stereocenters. The van der Waals surface area contributed by atoms with E-state index >= 15 is 0 Å². The average Bonchev–Trinajstić information content (AvgIpc) is 2.01. The normalized spacial score (nSPS) is 11.6. The van der Waals surface area contributed by atoms with Crippen molar-refractivity contribution in [2.45, 2.75) is 6.18 Å². The third kappa shape index (κ3) is 2.42. The molecule has 14 heavy (non-hydrogen) atoms. The average molecular weight is 334 g/mol. The molecule has 0 aromatic heterocycles. The van der Waals surface area contributed by atoms with E-state index in [0.29, 0.717) is 4.47 Å². The van der Waals surface area contributed by atoms with Gasteiger partial charge in [-0.15, -0.1) is 0 Å². The molecular formula is C8H5Br2F3O. The summed E-state index contributed by atoms with van der Waals surface area (Å²) in [5.74, 6) is -0.208. The zero-order valence-corrected chi connectivity index (χ0v) is 10.1. The van der Waals surface area contributed by atoms with Crippen LogP contribution in [0.1, 0.15) is 5.56 Å². The number of hydrogen-bond acceptors (Lipinski definition) is 1. The Hall–Kier alpha value is -0.230. The van der Waals surface area contributed by atoms with Crippen molar-refractivity contribution in [1.82, 2.24) is 0 Å². The molecule has 0 aliphatic heterocycles. The lowest BCUT2D eigenvalue weighted by Gasteiger charge is -2.13. The van der Waals surface area contributed by atoms with Gasteiger partial charge in [0.1, 0.15) is 5.75 Å². The van der Waals surface area contributed by atoms with Gasteiger partial charge in [0.15, 0.2) is 0 Å². The molecule has 0 unspecified atom stereocenters. The van der Waals surface area contributed by atoms with Crippen molar-refractivity contribution in [3.63, 3.8) is 0 Å². The third-order valence-corrected chi connectivity index (χ3v) is 2.56. The number of methoxy groups -OCH3 is 1. The molecule has 0 spiro atoms. The monoisotopic (exact) mass is 332 g/mol. The molecule has 1 rings (SSSR count). The lowest BCUT2D eigenvalue weighted by molar-refractivity contribution is -0.138. The molecule has 6 heteroatoms. The maximum Gasteiger partial charge on any atom is 0.420 e. The minimum Gasteiger partial charge on any atom is -0.495 e. The van der Waals surface area contributed by atoms with Crippen LogP contribution in [-0.2, 0) is 6.18 Å². The molecule has 0 heterocycles. The van der Waals surface area contributed by atoms with E-state index < -0.39 is 11.7 Å². The zero-order chi connectivity index (χ0) is 10.9. The van der Waals surface area contributed by atoms with Crippen molar-refractivity contribution in [3.05, 3.63) is 26.6 Å². The summed E-state index contributed by atoms with van der Waals surface area (Å²) in [4.78, 5) is 0. The van der Waals surface area contributed by atoms with Gasteiger partial charge in [0.2, 0.25) is 0 Å². The Balaban J connectivity index is 3.40. The van der Waals surface area contributed by atoms with Crippen LogP contribution in [0.2, 0.25) is 0 Å². The minimum atomic E-state index is -4.42. The Bertz CT molecular complexity index is 349. The van der Waals surface area contributed by atoms with Crippen LogP contribution < -0.4 is 4.74 Å². The Morgan fingerprint density at radius 3 is 2.21 bits per heavy atom. The number of benzene rings is 1. The van der Waals surface area contributed by atoms with Crippen molar-refractivity contribution >= 4 is 31.9 Å². The molecule has 0 aliphatic rings. The molecule has 0 saturated carbocycles. The highest BCUT2D eigenvalue weighted by molar-refractivity contribution is 9.11. The zero-order valence-electron chi connectivity index (χ0n) is 6.95. The summed E-state index contributed by atoms with van der Waals surface area (Å²) < 4.78 is 42.7. The van der Waals surface area contributed by atoms with Crippen LogP contribution in [0.25, 0.3) is 0 Å². The van der Waals surface area contributed by atoms with Gasteiger partial charge in [0, 0.05) is 4.47 Å². The SMILES string of the molecule is COc1c(Br)cc(Br)cc1C(F)(F)F. The highest BCUT2D eigenvalue weighted by atomic mass is 79.9. The van der Waals surface area contributed by atoms with E-state index in [9.17, 15) is 13.2 Å². The van der Waals surface area contributed by atoms with Gasteiger partial charge in [-0.05, 0) is 28.1 Å². The van der Waals surface area contributed by atoms with Gasteiger partial charge in [0.25, 0.3) is 0 Å². The maximum atomic E-state index is 12.5. The van der Waals surface area contributed by atoms with E-state index in [0.717, 1.165) is 6.07 Å². The Kier molecular flexibility index (Phi) is 3.47. The summed E-state index contributed by atoms with van der Waals surface area (Å²) in [6.45, 7) is 0. The summed E-state index contributed by atoms with van der Waals surface area (Å²) in [6.07, 6.45) is -4.42. The van der Waals surface area contributed by atoms with Gasteiger partial charge in [-0.2, -0.15) is 13.2 Å². The van der Waals surface area contributed by atoms with Gasteiger partial charge in [0.05, 0.1) is 17.1 Å². The topological polar surface area (TPSA) is 9.23 Å². The second kappa shape index (κ2) is 4.10. The maximum absolute atomic E-state index is 12.5. The first kappa shape index (κ1) is 11.8. The van der Waals surface area contributed by atoms with E-state index in [4.69, 9.17) is 0 Å². The van der Waals surface area contributed by atoms with Crippen molar-refractivity contribution in [2.75, 3.05) is 7.11 Å². The van der Waals surface area contributed by atoms with Gasteiger partial charge in [-0.3, -0.25) is 0 Å². The van der Waals surface area contributed by atoms with E-state index in [2.05, 4.69) is 36.6 Å². The van der Waals surface area contributed by atoms with Crippen LogP contribution in [0.5, 0.6) is 5.75 Å².